The van der Waals surface area contributed by atoms with Gasteiger partial charge in [0, 0.05) is 16.6 Å². The maximum absolute atomic E-state index is 14.3. The van der Waals surface area contributed by atoms with Crippen molar-refractivity contribution in [2.45, 2.75) is 50.2 Å². The monoisotopic (exact) mass is 356 g/mol. The Morgan fingerprint density at radius 2 is 2.14 bits per heavy atom. The van der Waals surface area contributed by atoms with Gasteiger partial charge in [0.1, 0.15) is 5.82 Å². The van der Waals surface area contributed by atoms with Gasteiger partial charge in [-0.2, -0.15) is 0 Å². The molecule has 2 atom stereocenters. The Kier molecular flexibility index (Phi) is 4.64. The third-order valence-corrected chi connectivity index (χ3v) is 5.49. The number of hydrazine groups is 1. The average molecular weight is 357 g/mol. The molecule has 5 heteroatoms. The Hall–Kier alpha value is -0.490. The van der Waals surface area contributed by atoms with Crippen molar-refractivity contribution in [3.63, 3.8) is 0 Å². The Morgan fingerprint density at radius 1 is 1.38 bits per heavy atom. The zero-order valence-electron chi connectivity index (χ0n) is 12.1. The molecule has 2 unspecified atom stereocenters. The molecule has 1 aromatic rings. The van der Waals surface area contributed by atoms with E-state index in [1.807, 2.05) is 12.1 Å². The van der Waals surface area contributed by atoms with E-state index in [1.165, 1.54) is 18.9 Å². The Morgan fingerprint density at radius 3 is 2.81 bits per heavy atom. The van der Waals surface area contributed by atoms with Gasteiger partial charge in [-0.15, -0.1) is 0 Å². The highest BCUT2D eigenvalue weighted by Crippen LogP contribution is 2.45. The molecule has 0 bridgehead atoms. The van der Waals surface area contributed by atoms with Crippen LogP contribution in [0.3, 0.4) is 0 Å². The second-order valence-corrected chi connectivity index (χ2v) is 7.22. The van der Waals surface area contributed by atoms with Crippen LogP contribution in [0.1, 0.15) is 50.1 Å². The van der Waals surface area contributed by atoms with Crippen molar-refractivity contribution in [2.24, 2.45) is 11.8 Å². The van der Waals surface area contributed by atoms with Crippen LogP contribution < -0.4 is 11.3 Å². The third kappa shape index (κ3) is 3.16. The first-order chi connectivity index (χ1) is 10.1. The maximum atomic E-state index is 14.3. The standard InChI is InChI=1S/C16H22BrFN2O/c17-12-3-4-13(14(18)9-12)15(20-19)11-5-8-21-16(10-11)6-1-2-7-16/h3-4,9,11,15,20H,1-2,5-8,10,19H2. The maximum Gasteiger partial charge on any atom is 0.129 e. The summed E-state index contributed by atoms with van der Waals surface area (Å²) in [6.45, 7) is 0.751. The summed E-state index contributed by atoms with van der Waals surface area (Å²) in [6.07, 6.45) is 6.62. The minimum absolute atomic E-state index is 0.0177. The summed E-state index contributed by atoms with van der Waals surface area (Å²) in [6, 6.07) is 5.04. The van der Waals surface area contributed by atoms with Gasteiger partial charge in [-0.1, -0.05) is 34.8 Å². The molecular formula is C16H22BrFN2O. The van der Waals surface area contributed by atoms with Crippen molar-refractivity contribution in [3.8, 4) is 0 Å². The van der Waals surface area contributed by atoms with Crippen LogP contribution in [0.4, 0.5) is 4.39 Å². The summed E-state index contributed by atoms with van der Waals surface area (Å²) in [5.74, 6) is 5.87. The molecule has 116 valence electrons. The van der Waals surface area contributed by atoms with Gasteiger partial charge in [0.05, 0.1) is 11.6 Å². The molecule has 1 saturated carbocycles. The fourth-order valence-corrected chi connectivity index (χ4v) is 4.28. The Bertz CT molecular complexity index is 505. The van der Waals surface area contributed by atoms with E-state index in [0.717, 1.165) is 36.8 Å². The first-order valence-electron chi connectivity index (χ1n) is 7.69. The predicted molar refractivity (Wildman–Crippen MR) is 84.0 cm³/mol. The van der Waals surface area contributed by atoms with E-state index in [4.69, 9.17) is 10.6 Å². The number of rotatable bonds is 3. The first kappa shape index (κ1) is 15.4. The van der Waals surface area contributed by atoms with E-state index in [9.17, 15) is 4.39 Å². The molecule has 0 amide bonds. The van der Waals surface area contributed by atoms with Crippen molar-refractivity contribution in [1.29, 1.82) is 0 Å². The molecule has 21 heavy (non-hydrogen) atoms. The zero-order chi connectivity index (χ0) is 14.9. The van der Waals surface area contributed by atoms with Crippen LogP contribution in [-0.4, -0.2) is 12.2 Å². The lowest BCUT2D eigenvalue weighted by molar-refractivity contribution is -0.0983. The zero-order valence-corrected chi connectivity index (χ0v) is 13.7. The number of halogens is 2. The summed E-state index contributed by atoms with van der Waals surface area (Å²) in [5, 5.41) is 0. The molecule has 3 nitrogen and oxygen atoms in total. The molecule has 1 aromatic carbocycles. The fraction of sp³-hybridized carbons (Fsp3) is 0.625. The summed E-state index contributed by atoms with van der Waals surface area (Å²) < 4.78 is 21.1. The summed E-state index contributed by atoms with van der Waals surface area (Å²) in [7, 11) is 0. The molecule has 1 aliphatic carbocycles. The molecule has 0 radical (unpaired) electrons. The lowest BCUT2D eigenvalue weighted by atomic mass is 9.78. The SMILES string of the molecule is NNC(c1ccc(Br)cc1F)C1CCOC2(CCCC2)C1. The number of nitrogens with one attached hydrogen (secondary N) is 1. The van der Waals surface area contributed by atoms with E-state index in [2.05, 4.69) is 21.4 Å². The minimum Gasteiger partial charge on any atom is -0.375 e. The summed E-state index contributed by atoms with van der Waals surface area (Å²) >= 11 is 3.30. The van der Waals surface area contributed by atoms with Crippen LogP contribution in [0.5, 0.6) is 0 Å². The van der Waals surface area contributed by atoms with Crippen LogP contribution in [-0.2, 0) is 4.74 Å². The van der Waals surface area contributed by atoms with Gasteiger partial charge in [-0.3, -0.25) is 11.3 Å². The van der Waals surface area contributed by atoms with Gasteiger partial charge in [0.15, 0.2) is 0 Å². The molecule has 2 aliphatic rings. The van der Waals surface area contributed by atoms with E-state index < -0.39 is 0 Å². The van der Waals surface area contributed by atoms with Gasteiger partial charge < -0.3 is 4.74 Å². The molecule has 3 N–H and O–H groups in total. The highest BCUT2D eigenvalue weighted by molar-refractivity contribution is 9.10. The number of hydrogen-bond acceptors (Lipinski definition) is 3. The van der Waals surface area contributed by atoms with Crippen molar-refractivity contribution < 1.29 is 9.13 Å². The van der Waals surface area contributed by atoms with Gasteiger partial charge >= 0.3 is 0 Å². The van der Waals surface area contributed by atoms with Crippen molar-refractivity contribution in [2.75, 3.05) is 6.61 Å². The van der Waals surface area contributed by atoms with Crippen LogP contribution >= 0.6 is 15.9 Å². The molecular weight excluding hydrogens is 335 g/mol. The first-order valence-corrected chi connectivity index (χ1v) is 8.48. The Labute approximate surface area is 133 Å². The number of ether oxygens (including phenoxy) is 1. The van der Waals surface area contributed by atoms with E-state index in [-0.39, 0.29) is 17.5 Å². The summed E-state index contributed by atoms with van der Waals surface area (Å²) in [5.41, 5.74) is 3.52. The fourth-order valence-electron chi connectivity index (χ4n) is 3.95. The predicted octanol–water partition coefficient (Wildman–Crippen LogP) is 3.83. The molecule has 1 saturated heterocycles. The van der Waals surface area contributed by atoms with Crippen molar-refractivity contribution in [3.05, 3.63) is 34.1 Å². The second kappa shape index (κ2) is 6.32. The highest BCUT2D eigenvalue weighted by atomic mass is 79.9. The van der Waals surface area contributed by atoms with Crippen LogP contribution in [0, 0.1) is 11.7 Å². The molecule has 1 aliphatic heterocycles. The molecule has 0 aromatic heterocycles. The Balaban J connectivity index is 1.82. The van der Waals surface area contributed by atoms with Gasteiger partial charge in [-0.05, 0) is 43.7 Å². The number of hydrogen-bond donors (Lipinski definition) is 2. The minimum atomic E-state index is -0.209. The average Bonchev–Trinajstić information content (AvgIpc) is 2.90. The van der Waals surface area contributed by atoms with Crippen LogP contribution in [0.15, 0.2) is 22.7 Å². The second-order valence-electron chi connectivity index (χ2n) is 6.30. The molecule has 2 fully saturated rings. The smallest absolute Gasteiger partial charge is 0.129 e. The van der Waals surface area contributed by atoms with Crippen LogP contribution in [0.2, 0.25) is 0 Å². The number of benzene rings is 1. The van der Waals surface area contributed by atoms with E-state index >= 15 is 0 Å². The van der Waals surface area contributed by atoms with Crippen molar-refractivity contribution in [1.82, 2.24) is 5.43 Å². The molecule has 1 heterocycles. The van der Waals surface area contributed by atoms with Gasteiger partial charge in [0.2, 0.25) is 0 Å². The lowest BCUT2D eigenvalue weighted by Crippen LogP contribution is -2.43. The molecule has 1 spiro atoms. The topological polar surface area (TPSA) is 47.3 Å². The third-order valence-electron chi connectivity index (χ3n) is 4.99. The largest absolute Gasteiger partial charge is 0.375 e. The van der Waals surface area contributed by atoms with Gasteiger partial charge in [0.25, 0.3) is 0 Å². The number of nitrogens with two attached hydrogens (primary N) is 1. The van der Waals surface area contributed by atoms with Crippen LogP contribution in [0.25, 0.3) is 0 Å². The quantitative estimate of drug-likeness (QED) is 0.639. The van der Waals surface area contributed by atoms with Gasteiger partial charge in [-0.25, -0.2) is 4.39 Å². The molecule has 3 rings (SSSR count). The lowest BCUT2D eigenvalue weighted by Gasteiger charge is -2.41. The van der Waals surface area contributed by atoms with E-state index in [1.54, 1.807) is 0 Å². The van der Waals surface area contributed by atoms with Crippen molar-refractivity contribution >= 4 is 15.9 Å². The normalized spacial score (nSPS) is 26.1. The summed E-state index contributed by atoms with van der Waals surface area (Å²) in [4.78, 5) is 0. The highest BCUT2D eigenvalue weighted by Gasteiger charge is 2.42. The van der Waals surface area contributed by atoms with E-state index in [0.29, 0.717) is 11.5 Å².